The number of unbranched alkanes of at least 4 members (excludes halogenated alkanes) is 1. The molecule has 0 aliphatic carbocycles. The van der Waals surface area contributed by atoms with Gasteiger partial charge in [-0.15, -0.1) is 0 Å². The molecule has 3 nitrogen and oxygen atoms in total. The number of nitrogens with zero attached hydrogens (tertiary/aromatic N) is 1. The smallest absolute Gasteiger partial charge is 0.122 e. The molecule has 0 aliphatic rings. The molecular weight excluding hydrogens is 226 g/mol. The van der Waals surface area contributed by atoms with Crippen LogP contribution < -0.4 is 4.74 Å². The number of hydrogen-bond donors (Lipinski definition) is 1. The number of aliphatic hydroxyl groups excluding tert-OH is 1. The van der Waals surface area contributed by atoms with Crippen molar-refractivity contribution in [2.45, 2.75) is 33.2 Å². The molecule has 0 spiro atoms. The van der Waals surface area contributed by atoms with Crippen molar-refractivity contribution in [2.24, 2.45) is 0 Å². The Morgan fingerprint density at radius 1 is 1.17 bits per heavy atom. The minimum Gasteiger partial charge on any atom is -0.496 e. The number of hydrogen-bond acceptors (Lipinski definition) is 3. The Morgan fingerprint density at radius 2 is 1.89 bits per heavy atom. The highest BCUT2D eigenvalue weighted by Crippen LogP contribution is 2.23. The fourth-order valence-electron chi connectivity index (χ4n) is 2.10. The maximum absolute atomic E-state index is 8.77. The molecule has 1 N–H and O–H groups in total. The topological polar surface area (TPSA) is 32.7 Å². The first-order valence-corrected chi connectivity index (χ1v) is 6.52. The van der Waals surface area contributed by atoms with Gasteiger partial charge in [-0.05, 0) is 63.0 Å². The lowest BCUT2D eigenvalue weighted by atomic mass is 10.0. The summed E-state index contributed by atoms with van der Waals surface area (Å²) in [5, 5.41) is 8.77. The molecule has 0 fully saturated rings. The summed E-state index contributed by atoms with van der Waals surface area (Å²) in [6.07, 6.45) is 1.92. The van der Waals surface area contributed by atoms with Crippen molar-refractivity contribution in [3.05, 3.63) is 28.8 Å². The van der Waals surface area contributed by atoms with Crippen LogP contribution >= 0.6 is 0 Å². The molecule has 0 aromatic heterocycles. The molecule has 3 heteroatoms. The monoisotopic (exact) mass is 251 g/mol. The van der Waals surface area contributed by atoms with Crippen LogP contribution in [-0.4, -0.2) is 37.3 Å². The van der Waals surface area contributed by atoms with Crippen LogP contribution in [0.3, 0.4) is 0 Å². The van der Waals surface area contributed by atoms with Gasteiger partial charge in [0.1, 0.15) is 5.75 Å². The molecule has 0 amide bonds. The molecule has 1 aromatic rings. The van der Waals surface area contributed by atoms with Crippen LogP contribution in [0.5, 0.6) is 5.75 Å². The van der Waals surface area contributed by atoms with E-state index < -0.39 is 0 Å². The van der Waals surface area contributed by atoms with Gasteiger partial charge in [0.05, 0.1) is 7.11 Å². The van der Waals surface area contributed by atoms with Crippen molar-refractivity contribution in [3.8, 4) is 5.75 Å². The van der Waals surface area contributed by atoms with E-state index in [1.165, 1.54) is 16.7 Å². The fourth-order valence-corrected chi connectivity index (χ4v) is 2.10. The van der Waals surface area contributed by atoms with Crippen molar-refractivity contribution < 1.29 is 9.84 Å². The van der Waals surface area contributed by atoms with Crippen LogP contribution in [0.15, 0.2) is 12.1 Å². The van der Waals surface area contributed by atoms with Gasteiger partial charge in [0.25, 0.3) is 0 Å². The van der Waals surface area contributed by atoms with Gasteiger partial charge >= 0.3 is 0 Å². The summed E-state index contributed by atoms with van der Waals surface area (Å²) < 4.78 is 5.32. The molecule has 0 heterocycles. The van der Waals surface area contributed by atoms with Gasteiger partial charge in [0.2, 0.25) is 0 Å². The third kappa shape index (κ3) is 4.31. The van der Waals surface area contributed by atoms with E-state index in [1.54, 1.807) is 7.11 Å². The fraction of sp³-hybridized carbons (Fsp3) is 0.600. The van der Waals surface area contributed by atoms with E-state index in [4.69, 9.17) is 9.84 Å². The maximum atomic E-state index is 8.77. The Hall–Kier alpha value is -1.06. The summed E-state index contributed by atoms with van der Waals surface area (Å²) >= 11 is 0. The molecule has 18 heavy (non-hydrogen) atoms. The van der Waals surface area contributed by atoms with Gasteiger partial charge in [0, 0.05) is 13.2 Å². The maximum Gasteiger partial charge on any atom is 0.122 e. The Bertz CT molecular complexity index is 377. The minimum atomic E-state index is 0.286. The number of rotatable bonds is 7. The Morgan fingerprint density at radius 3 is 2.50 bits per heavy atom. The van der Waals surface area contributed by atoms with E-state index in [2.05, 4.69) is 37.9 Å². The summed E-state index contributed by atoms with van der Waals surface area (Å²) in [4.78, 5) is 2.30. The van der Waals surface area contributed by atoms with E-state index in [0.29, 0.717) is 0 Å². The SMILES string of the molecule is COc1cc(C)c(CN(C)CCCCO)cc1C. The lowest BCUT2D eigenvalue weighted by Crippen LogP contribution is -2.20. The Kier molecular flexibility index (Phi) is 6.16. The molecule has 0 saturated heterocycles. The second kappa shape index (κ2) is 7.39. The quantitative estimate of drug-likeness (QED) is 0.756. The first-order chi connectivity index (χ1) is 8.58. The number of aliphatic hydroxyl groups is 1. The largest absolute Gasteiger partial charge is 0.496 e. The molecule has 0 atom stereocenters. The number of ether oxygens (including phenoxy) is 1. The highest BCUT2D eigenvalue weighted by Gasteiger charge is 2.07. The van der Waals surface area contributed by atoms with Crippen molar-refractivity contribution in [1.82, 2.24) is 4.90 Å². The van der Waals surface area contributed by atoms with Gasteiger partial charge in [-0.3, -0.25) is 0 Å². The first-order valence-electron chi connectivity index (χ1n) is 6.52. The first kappa shape index (κ1) is 15.0. The number of aryl methyl sites for hydroxylation is 2. The van der Waals surface area contributed by atoms with Crippen molar-refractivity contribution in [3.63, 3.8) is 0 Å². The van der Waals surface area contributed by atoms with Gasteiger partial charge in [0.15, 0.2) is 0 Å². The Labute approximate surface area is 110 Å². The van der Waals surface area contributed by atoms with Gasteiger partial charge in [-0.2, -0.15) is 0 Å². The van der Waals surface area contributed by atoms with Crippen LogP contribution in [0, 0.1) is 13.8 Å². The third-order valence-electron chi connectivity index (χ3n) is 3.24. The summed E-state index contributed by atoms with van der Waals surface area (Å²) in [7, 11) is 3.83. The van der Waals surface area contributed by atoms with Crippen molar-refractivity contribution >= 4 is 0 Å². The summed E-state index contributed by atoms with van der Waals surface area (Å²) in [5.74, 6) is 0.958. The zero-order valence-corrected chi connectivity index (χ0v) is 12.0. The summed E-state index contributed by atoms with van der Waals surface area (Å²) in [6.45, 7) is 6.45. The van der Waals surface area contributed by atoms with Gasteiger partial charge in [-0.25, -0.2) is 0 Å². The highest BCUT2D eigenvalue weighted by atomic mass is 16.5. The van der Waals surface area contributed by atoms with Gasteiger partial charge in [-0.1, -0.05) is 6.07 Å². The zero-order chi connectivity index (χ0) is 13.5. The normalized spacial score (nSPS) is 11.0. The van der Waals surface area contributed by atoms with E-state index in [-0.39, 0.29) is 6.61 Å². The Balaban J connectivity index is 2.64. The molecule has 102 valence electrons. The van der Waals surface area contributed by atoms with Crippen LogP contribution in [0.1, 0.15) is 29.5 Å². The highest BCUT2D eigenvalue weighted by molar-refractivity contribution is 5.41. The molecule has 0 saturated carbocycles. The molecule has 0 unspecified atom stereocenters. The zero-order valence-electron chi connectivity index (χ0n) is 12.0. The second-order valence-corrected chi connectivity index (χ2v) is 4.92. The molecule has 0 bridgehead atoms. The molecule has 1 aromatic carbocycles. The average molecular weight is 251 g/mol. The molecule has 1 rings (SSSR count). The molecule has 0 aliphatic heterocycles. The van der Waals surface area contributed by atoms with Crippen molar-refractivity contribution in [1.29, 1.82) is 0 Å². The lowest BCUT2D eigenvalue weighted by molar-refractivity contribution is 0.261. The van der Waals surface area contributed by atoms with Crippen LogP contribution in [0.2, 0.25) is 0 Å². The van der Waals surface area contributed by atoms with Crippen LogP contribution in [-0.2, 0) is 6.54 Å². The lowest BCUT2D eigenvalue weighted by Gasteiger charge is -2.19. The van der Waals surface area contributed by atoms with E-state index >= 15 is 0 Å². The van der Waals surface area contributed by atoms with E-state index in [1.807, 2.05) is 0 Å². The van der Waals surface area contributed by atoms with Crippen LogP contribution in [0.25, 0.3) is 0 Å². The van der Waals surface area contributed by atoms with Crippen molar-refractivity contribution in [2.75, 3.05) is 27.3 Å². The van der Waals surface area contributed by atoms with E-state index in [0.717, 1.165) is 31.7 Å². The summed E-state index contributed by atoms with van der Waals surface area (Å²) in [5.41, 5.74) is 3.80. The summed E-state index contributed by atoms with van der Waals surface area (Å²) in [6, 6.07) is 4.31. The predicted molar refractivity (Wildman–Crippen MR) is 75.1 cm³/mol. The third-order valence-corrected chi connectivity index (χ3v) is 3.24. The average Bonchev–Trinajstić information content (AvgIpc) is 2.33. The minimum absolute atomic E-state index is 0.286. The van der Waals surface area contributed by atoms with Gasteiger partial charge < -0.3 is 14.7 Å². The van der Waals surface area contributed by atoms with Crippen LogP contribution in [0.4, 0.5) is 0 Å². The van der Waals surface area contributed by atoms with E-state index in [9.17, 15) is 0 Å². The molecular formula is C15H25NO2. The standard InChI is InChI=1S/C15H25NO2/c1-12-10-15(18-4)13(2)9-14(12)11-16(3)7-5-6-8-17/h9-10,17H,5-8,11H2,1-4H3. The second-order valence-electron chi connectivity index (χ2n) is 4.92. The number of methoxy groups -OCH3 is 1. The predicted octanol–water partition coefficient (Wildman–Crippen LogP) is 2.52. The number of benzene rings is 1. The molecule has 0 radical (unpaired) electrons.